The molecule has 0 amide bonds. The van der Waals surface area contributed by atoms with Crippen molar-refractivity contribution in [2.24, 2.45) is 10.8 Å². The number of sulfonamides is 1. The Kier molecular flexibility index (Phi) is 4.82. The molecule has 2 fully saturated rings. The van der Waals surface area contributed by atoms with Gasteiger partial charge in [-0.2, -0.15) is 0 Å². The van der Waals surface area contributed by atoms with Gasteiger partial charge in [0.2, 0.25) is 10.0 Å². The molecule has 2 aliphatic carbocycles. The summed E-state index contributed by atoms with van der Waals surface area (Å²) in [5, 5.41) is 9.53. The van der Waals surface area contributed by atoms with E-state index in [9.17, 15) is 13.5 Å². The molecule has 2 saturated carbocycles. The average molecular weight is 303 g/mol. The lowest BCUT2D eigenvalue weighted by molar-refractivity contribution is 0.127. The normalized spacial score (nSPS) is 34.2. The SMILES string of the molecule is CC1(CS(=O)(=O)NC2CCCC2(C)CO)CCCCC1. The highest BCUT2D eigenvalue weighted by molar-refractivity contribution is 7.89. The van der Waals surface area contributed by atoms with Crippen molar-refractivity contribution in [3.63, 3.8) is 0 Å². The van der Waals surface area contributed by atoms with Gasteiger partial charge in [-0.1, -0.05) is 39.5 Å². The van der Waals surface area contributed by atoms with Gasteiger partial charge in [-0.25, -0.2) is 13.1 Å². The minimum Gasteiger partial charge on any atom is -0.396 e. The van der Waals surface area contributed by atoms with Gasteiger partial charge < -0.3 is 5.11 Å². The van der Waals surface area contributed by atoms with Gasteiger partial charge in [0.05, 0.1) is 5.75 Å². The molecule has 0 radical (unpaired) electrons. The minimum atomic E-state index is -3.27. The summed E-state index contributed by atoms with van der Waals surface area (Å²) in [5.74, 6) is 0.234. The van der Waals surface area contributed by atoms with Gasteiger partial charge in [0.25, 0.3) is 0 Å². The highest BCUT2D eigenvalue weighted by atomic mass is 32.2. The first-order chi connectivity index (χ1) is 9.29. The number of hydrogen-bond acceptors (Lipinski definition) is 3. The number of rotatable bonds is 5. The Hall–Kier alpha value is -0.130. The van der Waals surface area contributed by atoms with Gasteiger partial charge in [0, 0.05) is 18.1 Å². The number of aliphatic hydroxyl groups is 1. The van der Waals surface area contributed by atoms with Crippen molar-refractivity contribution in [1.82, 2.24) is 4.72 Å². The molecule has 2 unspecified atom stereocenters. The van der Waals surface area contributed by atoms with Gasteiger partial charge >= 0.3 is 0 Å². The van der Waals surface area contributed by atoms with E-state index >= 15 is 0 Å². The van der Waals surface area contributed by atoms with E-state index in [2.05, 4.69) is 11.6 Å². The molecule has 0 saturated heterocycles. The first-order valence-corrected chi connectivity index (χ1v) is 9.55. The molecular formula is C15H29NO3S. The van der Waals surface area contributed by atoms with Crippen LogP contribution in [0, 0.1) is 10.8 Å². The second-order valence-corrected chi connectivity index (χ2v) is 9.26. The topological polar surface area (TPSA) is 66.4 Å². The fraction of sp³-hybridized carbons (Fsp3) is 1.00. The molecule has 0 aromatic rings. The molecule has 0 heterocycles. The second kappa shape index (κ2) is 5.93. The highest BCUT2D eigenvalue weighted by Crippen LogP contribution is 2.39. The summed E-state index contributed by atoms with van der Waals surface area (Å²) >= 11 is 0. The fourth-order valence-electron chi connectivity index (χ4n) is 3.89. The lowest BCUT2D eigenvalue weighted by Gasteiger charge is -2.35. The summed E-state index contributed by atoms with van der Waals surface area (Å²) in [6.07, 6.45) is 8.26. The van der Waals surface area contributed by atoms with Crippen LogP contribution in [0.15, 0.2) is 0 Å². The lowest BCUT2D eigenvalue weighted by Crippen LogP contribution is -2.47. The molecule has 0 spiro atoms. The number of hydrogen-bond donors (Lipinski definition) is 2. The zero-order chi connectivity index (χ0) is 14.9. The molecule has 118 valence electrons. The Balaban J connectivity index is 2.00. The standard InChI is InChI=1S/C15H29NO3S/c1-14(8-4-3-5-9-14)12-20(18,19)16-13-7-6-10-15(13,2)11-17/h13,16-17H,3-12H2,1-2H3. The van der Waals surface area contributed by atoms with Crippen LogP contribution in [-0.2, 0) is 10.0 Å². The smallest absolute Gasteiger partial charge is 0.212 e. The van der Waals surface area contributed by atoms with Crippen molar-refractivity contribution < 1.29 is 13.5 Å². The van der Waals surface area contributed by atoms with E-state index in [0.29, 0.717) is 0 Å². The Morgan fingerprint density at radius 1 is 1.10 bits per heavy atom. The molecule has 5 heteroatoms. The van der Waals surface area contributed by atoms with Crippen LogP contribution in [0.2, 0.25) is 0 Å². The van der Waals surface area contributed by atoms with E-state index in [0.717, 1.165) is 44.9 Å². The summed E-state index contributed by atoms with van der Waals surface area (Å²) in [7, 11) is -3.27. The summed E-state index contributed by atoms with van der Waals surface area (Å²) in [6, 6.07) is -0.107. The van der Waals surface area contributed by atoms with Gasteiger partial charge in [-0.15, -0.1) is 0 Å². The number of aliphatic hydroxyl groups excluding tert-OH is 1. The van der Waals surface area contributed by atoms with E-state index in [1.807, 2.05) is 6.92 Å². The molecule has 0 aliphatic heterocycles. The van der Waals surface area contributed by atoms with Crippen LogP contribution in [0.4, 0.5) is 0 Å². The Labute approximate surface area is 123 Å². The Bertz CT molecular complexity index is 428. The molecule has 2 aliphatic rings. The van der Waals surface area contributed by atoms with E-state index in [4.69, 9.17) is 0 Å². The lowest BCUT2D eigenvalue weighted by atomic mass is 9.77. The first kappa shape index (κ1) is 16.2. The van der Waals surface area contributed by atoms with Crippen molar-refractivity contribution in [3.8, 4) is 0 Å². The maximum absolute atomic E-state index is 12.5. The summed E-state index contributed by atoms with van der Waals surface area (Å²) in [6.45, 7) is 4.14. The van der Waals surface area contributed by atoms with Gasteiger partial charge in [-0.05, 0) is 31.1 Å². The Morgan fingerprint density at radius 3 is 2.35 bits per heavy atom. The van der Waals surface area contributed by atoms with Gasteiger partial charge in [0.1, 0.15) is 0 Å². The molecule has 2 N–H and O–H groups in total. The summed E-state index contributed by atoms with van der Waals surface area (Å²) in [4.78, 5) is 0. The van der Waals surface area contributed by atoms with Gasteiger partial charge in [-0.3, -0.25) is 0 Å². The Morgan fingerprint density at radius 2 is 1.75 bits per heavy atom. The maximum Gasteiger partial charge on any atom is 0.212 e. The largest absolute Gasteiger partial charge is 0.396 e. The molecule has 0 bridgehead atoms. The van der Waals surface area contributed by atoms with Crippen LogP contribution in [0.25, 0.3) is 0 Å². The highest BCUT2D eigenvalue weighted by Gasteiger charge is 2.41. The predicted molar refractivity (Wildman–Crippen MR) is 80.9 cm³/mol. The number of nitrogens with one attached hydrogen (secondary N) is 1. The molecule has 20 heavy (non-hydrogen) atoms. The van der Waals surface area contributed by atoms with Crippen molar-refractivity contribution in [1.29, 1.82) is 0 Å². The van der Waals surface area contributed by atoms with Crippen molar-refractivity contribution in [2.45, 2.75) is 71.3 Å². The molecule has 2 atom stereocenters. The molecule has 0 aromatic carbocycles. The third kappa shape index (κ3) is 3.74. The predicted octanol–water partition coefficient (Wildman–Crippen LogP) is 2.43. The molecule has 2 rings (SSSR count). The molecule has 0 aromatic heterocycles. The van der Waals surface area contributed by atoms with Crippen LogP contribution in [0.5, 0.6) is 0 Å². The quantitative estimate of drug-likeness (QED) is 0.819. The van der Waals surface area contributed by atoms with E-state index in [1.54, 1.807) is 0 Å². The van der Waals surface area contributed by atoms with Crippen LogP contribution >= 0.6 is 0 Å². The molecular weight excluding hydrogens is 274 g/mol. The zero-order valence-corrected chi connectivity index (χ0v) is 13.6. The third-order valence-electron chi connectivity index (χ3n) is 5.36. The van der Waals surface area contributed by atoms with Crippen LogP contribution in [0.3, 0.4) is 0 Å². The van der Waals surface area contributed by atoms with Crippen LogP contribution in [-0.4, -0.2) is 31.9 Å². The summed E-state index contributed by atoms with van der Waals surface area (Å²) < 4.78 is 27.8. The summed E-state index contributed by atoms with van der Waals surface area (Å²) in [5.41, 5.74) is -0.362. The zero-order valence-electron chi connectivity index (χ0n) is 12.8. The first-order valence-electron chi connectivity index (χ1n) is 7.90. The average Bonchev–Trinajstić information content (AvgIpc) is 2.70. The van der Waals surface area contributed by atoms with Crippen LogP contribution < -0.4 is 4.72 Å². The van der Waals surface area contributed by atoms with E-state index < -0.39 is 10.0 Å². The molecule has 4 nitrogen and oxygen atoms in total. The van der Waals surface area contributed by atoms with Crippen molar-refractivity contribution >= 4 is 10.0 Å². The minimum absolute atomic E-state index is 0.0530. The second-order valence-electron chi connectivity index (χ2n) is 7.51. The van der Waals surface area contributed by atoms with Crippen molar-refractivity contribution in [3.05, 3.63) is 0 Å². The van der Waals surface area contributed by atoms with E-state index in [1.165, 1.54) is 6.42 Å². The monoisotopic (exact) mass is 303 g/mol. The fourth-order valence-corrected chi connectivity index (χ4v) is 6.02. The third-order valence-corrected chi connectivity index (χ3v) is 7.08. The van der Waals surface area contributed by atoms with Crippen molar-refractivity contribution in [2.75, 3.05) is 12.4 Å². The van der Waals surface area contributed by atoms with Gasteiger partial charge in [0.15, 0.2) is 0 Å². The van der Waals surface area contributed by atoms with Crippen LogP contribution in [0.1, 0.15) is 65.2 Å². The van der Waals surface area contributed by atoms with E-state index in [-0.39, 0.29) is 29.2 Å². The maximum atomic E-state index is 12.5.